The molecule has 8 nitrogen and oxygen atoms in total. The molecule has 3 aromatic rings. The van der Waals surface area contributed by atoms with E-state index in [0.717, 1.165) is 39.5 Å². The number of urea groups is 1. The minimum Gasteiger partial charge on any atom is -0.352 e. The van der Waals surface area contributed by atoms with Crippen molar-refractivity contribution in [2.75, 3.05) is 36.4 Å². The monoisotopic (exact) mass is 486 g/mol. The summed E-state index contributed by atoms with van der Waals surface area (Å²) in [5.41, 5.74) is 5.75. The Morgan fingerprint density at radius 2 is 1.81 bits per heavy atom. The summed E-state index contributed by atoms with van der Waals surface area (Å²) in [7, 11) is 0. The first-order chi connectivity index (χ1) is 17.5. The molecular weight excluding hydrogens is 459 g/mol. The van der Waals surface area contributed by atoms with Gasteiger partial charge in [0.15, 0.2) is 0 Å². The highest BCUT2D eigenvalue weighted by atomic mass is 19.1. The van der Waals surface area contributed by atoms with Crippen molar-refractivity contribution in [1.82, 2.24) is 20.2 Å². The molecule has 2 N–H and O–H groups in total. The number of rotatable bonds is 5. The normalized spacial score (nSPS) is 14.8. The van der Waals surface area contributed by atoms with E-state index < -0.39 is 0 Å². The molecule has 0 unspecified atom stereocenters. The summed E-state index contributed by atoms with van der Waals surface area (Å²) in [6.07, 6.45) is 4.42. The van der Waals surface area contributed by atoms with E-state index in [4.69, 9.17) is 0 Å². The smallest absolute Gasteiger partial charge is 0.317 e. The van der Waals surface area contributed by atoms with Gasteiger partial charge >= 0.3 is 6.03 Å². The molecule has 184 valence electrons. The van der Waals surface area contributed by atoms with Gasteiger partial charge in [-0.3, -0.25) is 4.79 Å². The minimum atomic E-state index is -0.294. The predicted molar refractivity (Wildman–Crippen MR) is 137 cm³/mol. The molecule has 9 heteroatoms. The zero-order valence-electron chi connectivity index (χ0n) is 20.0. The van der Waals surface area contributed by atoms with Crippen LogP contribution < -0.4 is 15.5 Å². The largest absolute Gasteiger partial charge is 0.352 e. The van der Waals surface area contributed by atoms with Crippen molar-refractivity contribution in [3.05, 3.63) is 83.1 Å². The highest BCUT2D eigenvalue weighted by molar-refractivity contribution is 5.93. The van der Waals surface area contributed by atoms with Gasteiger partial charge in [0.1, 0.15) is 18.0 Å². The lowest BCUT2D eigenvalue weighted by molar-refractivity contribution is -0.114. The molecule has 0 radical (unpaired) electrons. The Morgan fingerprint density at radius 3 is 2.56 bits per heavy atom. The number of fused-ring (bicyclic) bond motifs is 1. The molecule has 36 heavy (non-hydrogen) atoms. The number of hydrogen-bond donors (Lipinski definition) is 2. The zero-order chi connectivity index (χ0) is 25.1. The lowest BCUT2D eigenvalue weighted by Crippen LogP contribution is -2.52. The Morgan fingerprint density at radius 1 is 1.03 bits per heavy atom. The number of halogens is 1. The van der Waals surface area contributed by atoms with Crippen LogP contribution in [0.5, 0.6) is 0 Å². The molecule has 0 atom stereocenters. The molecule has 3 amide bonds. The third-order valence-electron chi connectivity index (χ3n) is 6.40. The van der Waals surface area contributed by atoms with Crippen molar-refractivity contribution in [3.63, 3.8) is 0 Å². The summed E-state index contributed by atoms with van der Waals surface area (Å²) in [6.45, 7) is 4.32. The van der Waals surface area contributed by atoms with Crippen LogP contribution in [0.1, 0.15) is 29.3 Å². The number of carbonyl (C=O) groups excluding carboxylic acids is 2. The summed E-state index contributed by atoms with van der Waals surface area (Å²) in [5.74, 6) is 0.476. The second-order valence-corrected chi connectivity index (χ2v) is 8.93. The van der Waals surface area contributed by atoms with Crippen LogP contribution in [0.2, 0.25) is 0 Å². The maximum Gasteiger partial charge on any atom is 0.317 e. The second kappa shape index (κ2) is 10.2. The molecule has 0 spiro atoms. The van der Waals surface area contributed by atoms with E-state index >= 15 is 0 Å². The molecule has 2 aromatic carbocycles. The summed E-state index contributed by atoms with van der Waals surface area (Å²) >= 11 is 0. The van der Waals surface area contributed by atoms with Gasteiger partial charge in [-0.25, -0.2) is 19.2 Å². The van der Waals surface area contributed by atoms with E-state index in [1.165, 1.54) is 19.1 Å². The Hall–Kier alpha value is -4.27. The highest BCUT2D eigenvalue weighted by Gasteiger charge is 2.26. The highest BCUT2D eigenvalue weighted by Crippen LogP contribution is 2.35. The molecule has 1 aliphatic carbocycles. The van der Waals surface area contributed by atoms with Crippen LogP contribution >= 0.6 is 0 Å². The number of aromatic nitrogens is 2. The van der Waals surface area contributed by atoms with Crippen LogP contribution in [0.15, 0.2) is 54.9 Å². The maximum absolute atomic E-state index is 13.1. The quantitative estimate of drug-likeness (QED) is 0.574. The fraction of sp³-hybridized carbons (Fsp3) is 0.259. The van der Waals surface area contributed by atoms with E-state index in [0.29, 0.717) is 39.1 Å². The first kappa shape index (κ1) is 23.5. The number of hydrogen-bond acceptors (Lipinski definition) is 5. The van der Waals surface area contributed by atoms with Crippen LogP contribution in [0.3, 0.4) is 0 Å². The van der Waals surface area contributed by atoms with Gasteiger partial charge in [-0.1, -0.05) is 24.3 Å². The fourth-order valence-corrected chi connectivity index (χ4v) is 4.57. The molecule has 0 saturated carbocycles. The van der Waals surface area contributed by atoms with Crippen LogP contribution in [0.25, 0.3) is 11.6 Å². The molecule has 5 rings (SSSR count). The molecule has 1 saturated heterocycles. The van der Waals surface area contributed by atoms with Gasteiger partial charge in [-0.05, 0) is 47.0 Å². The number of anilines is 2. The second-order valence-electron chi connectivity index (χ2n) is 8.93. The number of nitrogens with zero attached hydrogens (tertiary/aromatic N) is 4. The summed E-state index contributed by atoms with van der Waals surface area (Å²) in [6, 6.07) is 13.8. The first-order valence-corrected chi connectivity index (χ1v) is 11.9. The Kier molecular flexibility index (Phi) is 6.62. The van der Waals surface area contributed by atoms with E-state index in [1.54, 1.807) is 23.4 Å². The van der Waals surface area contributed by atoms with Crippen molar-refractivity contribution in [2.24, 2.45) is 0 Å². The Balaban J connectivity index is 1.23. The minimum absolute atomic E-state index is 0.104. The molecule has 2 heterocycles. The van der Waals surface area contributed by atoms with Crippen LogP contribution in [-0.4, -0.2) is 53.0 Å². The molecule has 1 aliphatic heterocycles. The van der Waals surface area contributed by atoms with Crippen LogP contribution in [0.4, 0.5) is 20.7 Å². The molecular formula is C27H27FN6O2. The predicted octanol–water partition coefficient (Wildman–Crippen LogP) is 3.70. The van der Waals surface area contributed by atoms with Crippen molar-refractivity contribution in [2.45, 2.75) is 19.9 Å². The third kappa shape index (κ3) is 5.19. The van der Waals surface area contributed by atoms with Gasteiger partial charge in [0.25, 0.3) is 0 Å². The van der Waals surface area contributed by atoms with E-state index in [9.17, 15) is 14.0 Å². The van der Waals surface area contributed by atoms with Crippen molar-refractivity contribution in [3.8, 4) is 0 Å². The Bertz CT molecular complexity index is 1320. The molecule has 1 aromatic heterocycles. The fourth-order valence-electron chi connectivity index (χ4n) is 4.57. The molecule has 1 fully saturated rings. The number of benzene rings is 2. The topological polar surface area (TPSA) is 90.5 Å². The van der Waals surface area contributed by atoms with Crippen molar-refractivity contribution < 1.29 is 14.0 Å². The number of amides is 3. The van der Waals surface area contributed by atoms with Gasteiger partial charge < -0.3 is 20.4 Å². The van der Waals surface area contributed by atoms with Crippen LogP contribution in [0, 0.1) is 5.82 Å². The van der Waals surface area contributed by atoms with Gasteiger partial charge in [-0.15, -0.1) is 0 Å². The number of piperazine rings is 1. The number of nitrogens with one attached hydrogen (secondary N) is 2. The number of allylic oxidation sites excluding steroid dienone is 1. The average Bonchev–Trinajstić information content (AvgIpc) is 3.33. The van der Waals surface area contributed by atoms with Gasteiger partial charge in [0.2, 0.25) is 5.91 Å². The van der Waals surface area contributed by atoms with Gasteiger partial charge in [-0.2, -0.15) is 0 Å². The van der Waals surface area contributed by atoms with E-state index in [2.05, 4.69) is 31.6 Å². The number of carbonyl (C=O) groups is 2. The van der Waals surface area contributed by atoms with Crippen molar-refractivity contribution in [1.29, 1.82) is 0 Å². The summed E-state index contributed by atoms with van der Waals surface area (Å²) in [4.78, 5) is 37.1. The van der Waals surface area contributed by atoms with Gasteiger partial charge in [0, 0.05) is 57.3 Å². The average molecular weight is 487 g/mol. The summed E-state index contributed by atoms with van der Waals surface area (Å²) in [5, 5.41) is 5.74. The third-order valence-corrected chi connectivity index (χ3v) is 6.40. The standard InChI is InChI=1S/C27H27FN6O2/c1-18(35)32-23-4-2-3-20(13-23)21-14-24-25(15-21)30-17-31-26(24)33-9-11-34(12-10-33)27(36)29-16-19-5-7-22(28)8-6-19/h2-8,13-14,17H,9-12,15-16H2,1H3,(H,29,36)(H,32,35). The van der Waals surface area contributed by atoms with E-state index in [-0.39, 0.29) is 17.8 Å². The molecule has 2 aliphatic rings. The lowest BCUT2D eigenvalue weighted by atomic mass is 10.0. The zero-order valence-corrected chi connectivity index (χ0v) is 20.0. The van der Waals surface area contributed by atoms with Crippen molar-refractivity contribution >= 4 is 35.1 Å². The van der Waals surface area contributed by atoms with E-state index in [1.807, 2.05) is 24.3 Å². The first-order valence-electron chi connectivity index (χ1n) is 11.9. The van der Waals surface area contributed by atoms with Crippen LogP contribution in [-0.2, 0) is 17.8 Å². The summed E-state index contributed by atoms with van der Waals surface area (Å²) < 4.78 is 13.1. The van der Waals surface area contributed by atoms with Gasteiger partial charge in [0.05, 0.1) is 5.69 Å². The Labute approximate surface area is 208 Å². The lowest BCUT2D eigenvalue weighted by Gasteiger charge is -2.36. The maximum atomic E-state index is 13.1. The SMILES string of the molecule is CC(=O)Nc1cccc(C2=Cc3c(ncnc3N3CCN(C(=O)NCc4ccc(F)cc4)CC3)C2)c1. The molecule has 0 bridgehead atoms.